The molecule has 0 aliphatic carbocycles. The molecule has 0 saturated carbocycles. The van der Waals surface area contributed by atoms with Gasteiger partial charge in [0.2, 0.25) is 0 Å². The smallest absolute Gasteiger partial charge is 0.254 e. The molecule has 1 saturated heterocycles. The predicted octanol–water partition coefficient (Wildman–Crippen LogP) is 2.38. The molecule has 7 nitrogen and oxygen atoms in total. The quantitative estimate of drug-likeness (QED) is 0.353. The number of quaternary nitrogens is 1. The van der Waals surface area contributed by atoms with E-state index in [1.54, 1.807) is 31.1 Å². The van der Waals surface area contributed by atoms with Crippen LogP contribution < -0.4 is 20.3 Å². The first-order valence-electron chi connectivity index (χ1n) is 10.6. The van der Waals surface area contributed by atoms with Gasteiger partial charge in [0.05, 0.1) is 39.0 Å². The molecule has 2 aliphatic heterocycles. The predicted molar refractivity (Wildman–Crippen MR) is 136 cm³/mol. The number of nitrogens with zero attached hydrogens (tertiary/aromatic N) is 1. The highest BCUT2D eigenvalue weighted by atomic mass is 32.1. The monoisotopic (exact) mass is 484 g/mol. The van der Waals surface area contributed by atoms with Gasteiger partial charge in [0.15, 0.2) is 0 Å². The van der Waals surface area contributed by atoms with Gasteiger partial charge in [-0.2, -0.15) is 0 Å². The summed E-state index contributed by atoms with van der Waals surface area (Å²) in [7, 11) is 3.74. The summed E-state index contributed by atoms with van der Waals surface area (Å²) in [5.74, 6) is 1.95. The van der Waals surface area contributed by atoms with E-state index in [2.05, 4.69) is 23.6 Å². The molecule has 1 atom stereocenters. The molecule has 1 aromatic heterocycles. The zero-order valence-corrected chi connectivity index (χ0v) is 20.6. The van der Waals surface area contributed by atoms with E-state index in [9.17, 15) is 10.2 Å². The highest BCUT2D eigenvalue weighted by molar-refractivity contribution is 7.80. The number of likely N-dealkylation sites (N-methyl/N-ethyl adjacent to an activating group) is 1. The van der Waals surface area contributed by atoms with Gasteiger partial charge in [-0.05, 0) is 30.5 Å². The third-order valence-corrected chi connectivity index (χ3v) is 6.68. The molecule has 1 fully saturated rings. The Labute approximate surface area is 203 Å². The lowest BCUT2D eigenvalue weighted by Gasteiger charge is -2.30. The average Bonchev–Trinajstić information content (AvgIpc) is 3.34. The number of carbonyl (C=O) groups excluding carboxylic acids is 1. The van der Waals surface area contributed by atoms with Gasteiger partial charge < -0.3 is 30.4 Å². The summed E-state index contributed by atoms with van der Waals surface area (Å²) in [6.07, 6.45) is 0. The number of rotatable bonds is 4. The lowest BCUT2D eigenvalue weighted by atomic mass is 9.85. The standard InChI is InChI=1S/C19H16N3O2S2.C5H11NO/c1-11-16(18(23)22-13-6-3-4-7-14(13)24-2)17(15-8-5-9-26-15)12(10-20)19(25)21-11;1-6-2-4-7-5-3-6/h3-9,17H,1-2H3,(H,21,25)(H,22,23);2-5H2,1H3/q-1;/p+1. The second-order valence-electron chi connectivity index (χ2n) is 7.69. The molecular formula is C24H28N4O3S2. The fourth-order valence-electron chi connectivity index (χ4n) is 3.61. The molecule has 2 aliphatic rings. The van der Waals surface area contributed by atoms with Crippen LogP contribution in [0.2, 0.25) is 0 Å². The first kappa shape index (κ1) is 24.8. The number of thiophene rings is 1. The molecule has 3 N–H and O–H groups in total. The largest absolute Gasteiger partial charge is 0.763 e. The molecule has 9 heteroatoms. The molecule has 1 amide bonds. The first-order valence-corrected chi connectivity index (χ1v) is 11.9. The van der Waals surface area contributed by atoms with Gasteiger partial charge in [-0.15, -0.1) is 11.3 Å². The topological polar surface area (TPSA) is 86.3 Å². The van der Waals surface area contributed by atoms with Crippen molar-refractivity contribution in [2.24, 2.45) is 0 Å². The third kappa shape index (κ3) is 6.16. The Hall–Kier alpha value is -2.81. The minimum Gasteiger partial charge on any atom is -0.763 e. The second-order valence-corrected chi connectivity index (χ2v) is 9.08. The Bertz CT molecular complexity index is 1070. The van der Waals surface area contributed by atoms with E-state index in [1.165, 1.54) is 24.4 Å². The van der Waals surface area contributed by atoms with Crippen molar-refractivity contribution in [1.29, 1.82) is 0 Å². The number of methoxy groups -OCH3 is 1. The lowest BCUT2D eigenvalue weighted by molar-refractivity contribution is -0.888. The summed E-state index contributed by atoms with van der Waals surface area (Å²) in [6.45, 7) is 6.05. The summed E-state index contributed by atoms with van der Waals surface area (Å²) >= 11 is 6.80. The van der Waals surface area contributed by atoms with Crippen molar-refractivity contribution in [1.82, 2.24) is 5.32 Å². The number of ether oxygens (including phenoxy) is 2. The maximum atomic E-state index is 13.1. The van der Waals surface area contributed by atoms with E-state index < -0.39 is 5.92 Å². The van der Waals surface area contributed by atoms with E-state index in [0.717, 1.165) is 18.1 Å². The maximum Gasteiger partial charge on any atom is 0.254 e. The van der Waals surface area contributed by atoms with Gasteiger partial charge in [0.25, 0.3) is 5.91 Å². The summed E-state index contributed by atoms with van der Waals surface area (Å²) in [5.41, 5.74) is 2.05. The van der Waals surface area contributed by atoms with Crippen LogP contribution in [0, 0.1) is 0 Å². The van der Waals surface area contributed by atoms with Crippen LogP contribution in [0.1, 0.15) is 17.7 Å². The Morgan fingerprint density at radius 2 is 2.03 bits per heavy atom. The molecule has 4 rings (SSSR count). The molecule has 1 unspecified atom stereocenters. The minimum atomic E-state index is -0.483. The number of nitrogens with one attached hydrogen (secondary N) is 3. The van der Waals surface area contributed by atoms with Crippen molar-refractivity contribution in [3.8, 4) is 5.75 Å². The number of para-hydroxylation sites is 2. The third-order valence-electron chi connectivity index (χ3n) is 5.42. The van der Waals surface area contributed by atoms with E-state index in [1.807, 2.05) is 29.6 Å². The van der Waals surface area contributed by atoms with Gasteiger partial charge in [-0.1, -0.05) is 30.4 Å². The number of morpholine rings is 1. The molecule has 3 heterocycles. The van der Waals surface area contributed by atoms with Gasteiger partial charge in [-0.25, -0.2) is 0 Å². The normalized spacial score (nSPS) is 18.6. The zero-order chi connectivity index (χ0) is 23.8. The van der Waals surface area contributed by atoms with Crippen LogP contribution in [-0.4, -0.2) is 57.2 Å². The number of amides is 1. The van der Waals surface area contributed by atoms with Crippen molar-refractivity contribution in [2.45, 2.75) is 12.8 Å². The zero-order valence-electron chi connectivity index (χ0n) is 18.9. The Morgan fingerprint density at radius 3 is 2.61 bits per heavy atom. The van der Waals surface area contributed by atoms with Crippen LogP contribution in [0.5, 0.6) is 5.75 Å². The van der Waals surface area contributed by atoms with E-state index >= 15 is 0 Å². The number of hydrogen-bond donors (Lipinski definition) is 3. The summed E-state index contributed by atoms with van der Waals surface area (Å²) < 4.78 is 10.4. The molecule has 0 radical (unpaired) electrons. The van der Waals surface area contributed by atoms with Crippen LogP contribution in [0.3, 0.4) is 0 Å². The van der Waals surface area contributed by atoms with Gasteiger partial charge in [0, 0.05) is 21.7 Å². The number of anilines is 1. The maximum absolute atomic E-state index is 13.1. The van der Waals surface area contributed by atoms with Crippen LogP contribution in [0.25, 0.3) is 5.41 Å². The molecule has 1 aromatic carbocycles. The van der Waals surface area contributed by atoms with Crippen molar-refractivity contribution in [2.75, 3.05) is 45.8 Å². The van der Waals surface area contributed by atoms with Gasteiger partial charge in [0.1, 0.15) is 23.8 Å². The van der Waals surface area contributed by atoms with Crippen molar-refractivity contribution in [3.05, 3.63) is 68.9 Å². The van der Waals surface area contributed by atoms with Crippen LogP contribution in [0.15, 0.2) is 58.6 Å². The summed E-state index contributed by atoms with van der Waals surface area (Å²) in [5, 5.41) is 17.4. The molecule has 174 valence electrons. The number of benzene rings is 1. The summed E-state index contributed by atoms with van der Waals surface area (Å²) in [4.78, 5) is 15.9. The molecule has 2 aromatic rings. The molecular weight excluding hydrogens is 456 g/mol. The fraction of sp³-hybridized carbons (Fsp3) is 0.333. The van der Waals surface area contributed by atoms with Crippen molar-refractivity contribution in [3.63, 3.8) is 0 Å². The van der Waals surface area contributed by atoms with Gasteiger partial charge in [-0.3, -0.25) is 10.7 Å². The van der Waals surface area contributed by atoms with E-state index in [-0.39, 0.29) is 5.91 Å². The number of thiocarbonyl (C=S) groups is 1. The minimum absolute atomic E-state index is 0.298. The molecule has 33 heavy (non-hydrogen) atoms. The van der Waals surface area contributed by atoms with E-state index in [4.69, 9.17) is 21.7 Å². The molecule has 0 spiro atoms. The van der Waals surface area contributed by atoms with Crippen LogP contribution in [0.4, 0.5) is 5.69 Å². The highest BCUT2D eigenvalue weighted by Gasteiger charge is 2.34. The first-order chi connectivity index (χ1) is 16.0. The van der Waals surface area contributed by atoms with Gasteiger partial charge >= 0.3 is 0 Å². The molecule has 0 bridgehead atoms. The average molecular weight is 485 g/mol. The second kappa shape index (κ2) is 11.9. The fourth-order valence-corrected chi connectivity index (χ4v) is 4.77. The number of allylic oxidation sites excluding steroid dienone is 1. The summed E-state index contributed by atoms with van der Waals surface area (Å²) in [6, 6.07) is 11.0. The number of hydrogen-bond acceptors (Lipinski definition) is 5. The lowest BCUT2D eigenvalue weighted by Crippen LogP contribution is -3.11. The Morgan fingerprint density at radius 1 is 1.30 bits per heavy atom. The van der Waals surface area contributed by atoms with Crippen molar-refractivity contribution >= 4 is 46.0 Å². The number of carbonyl (C=O) groups is 1. The SMILES string of the molecule is COc1ccccc1NC(=O)C1=C(C)NC(=S)C(=C=[N-])C1c1cccs1.C[NH+]1CCOCC1. The van der Waals surface area contributed by atoms with E-state index in [0.29, 0.717) is 33.3 Å². The van der Waals surface area contributed by atoms with Crippen LogP contribution in [-0.2, 0) is 9.53 Å². The Balaban J connectivity index is 0.000000374. The Kier molecular flexibility index (Phi) is 8.94. The van der Waals surface area contributed by atoms with Crippen LogP contribution >= 0.6 is 23.6 Å². The van der Waals surface area contributed by atoms with Crippen molar-refractivity contribution < 1.29 is 19.2 Å². The highest BCUT2D eigenvalue weighted by Crippen LogP contribution is 2.39.